The number of hydrogen-bond donors (Lipinski definition) is 1. The number of hydrazone groups is 1. The fraction of sp³-hybridized carbons (Fsp3) is 0.214. The van der Waals surface area contributed by atoms with Crippen LogP contribution in [0.15, 0.2) is 40.0 Å². The molecule has 9 nitrogen and oxygen atoms in total. The zero-order valence-electron chi connectivity index (χ0n) is 12.5. The molecular weight excluding hydrogens is 304 g/mol. The minimum atomic E-state index is -0.571. The molecular formula is C14H14N4O5. The van der Waals surface area contributed by atoms with Gasteiger partial charge < -0.3 is 9.26 Å². The lowest BCUT2D eigenvalue weighted by Gasteiger charge is -2.00. The van der Waals surface area contributed by atoms with Crippen molar-refractivity contribution in [3.05, 3.63) is 51.9 Å². The van der Waals surface area contributed by atoms with Crippen LogP contribution in [0.5, 0.6) is 0 Å². The van der Waals surface area contributed by atoms with Gasteiger partial charge in [-0.3, -0.25) is 15.5 Å². The predicted molar refractivity (Wildman–Crippen MR) is 81.4 cm³/mol. The van der Waals surface area contributed by atoms with E-state index in [-0.39, 0.29) is 18.0 Å². The number of nitro groups is 1. The molecule has 1 heterocycles. The fourth-order valence-electron chi connectivity index (χ4n) is 1.61. The lowest BCUT2D eigenvalue weighted by atomic mass is 10.3. The summed E-state index contributed by atoms with van der Waals surface area (Å²) in [6.45, 7) is 3.60. The van der Waals surface area contributed by atoms with Crippen molar-refractivity contribution in [2.75, 3.05) is 12.0 Å². The van der Waals surface area contributed by atoms with Crippen LogP contribution in [-0.4, -0.2) is 28.4 Å². The summed E-state index contributed by atoms with van der Waals surface area (Å²) in [7, 11) is 0. The number of nitro benzene ring substituents is 1. The van der Waals surface area contributed by atoms with E-state index in [1.165, 1.54) is 30.3 Å². The summed E-state index contributed by atoms with van der Waals surface area (Å²) in [5.74, 6) is -0.263. The maximum Gasteiger partial charge on any atom is 0.360 e. The van der Waals surface area contributed by atoms with E-state index >= 15 is 0 Å². The molecule has 9 heteroatoms. The lowest BCUT2D eigenvalue weighted by molar-refractivity contribution is -0.384. The Morgan fingerprint density at radius 2 is 2.13 bits per heavy atom. The molecule has 2 aromatic rings. The molecule has 1 aromatic carbocycles. The van der Waals surface area contributed by atoms with Crippen molar-refractivity contribution in [2.24, 2.45) is 5.10 Å². The number of non-ortho nitro benzene ring substituents is 1. The van der Waals surface area contributed by atoms with E-state index in [9.17, 15) is 14.9 Å². The van der Waals surface area contributed by atoms with Crippen molar-refractivity contribution in [3.8, 4) is 0 Å². The third-order valence-electron chi connectivity index (χ3n) is 2.78. The molecule has 0 saturated heterocycles. The van der Waals surface area contributed by atoms with E-state index < -0.39 is 10.9 Å². The monoisotopic (exact) mass is 318 g/mol. The highest BCUT2D eigenvalue weighted by molar-refractivity contribution is 5.98. The summed E-state index contributed by atoms with van der Waals surface area (Å²) < 4.78 is 9.83. The molecule has 0 atom stereocenters. The number of carbonyl (C=O) groups excluding carboxylic acids is 1. The Morgan fingerprint density at radius 3 is 2.74 bits per heavy atom. The SMILES string of the molecule is CCOC(=O)c1cc(/C(C)=N/Nc2ccc([N+](=O)[O-])cc2)on1. The van der Waals surface area contributed by atoms with E-state index in [0.29, 0.717) is 17.2 Å². The number of esters is 1. The number of hydrogen-bond acceptors (Lipinski definition) is 8. The molecule has 0 unspecified atom stereocenters. The number of rotatable bonds is 6. The van der Waals surface area contributed by atoms with Gasteiger partial charge in [0.15, 0.2) is 11.5 Å². The van der Waals surface area contributed by atoms with Gasteiger partial charge in [0.1, 0.15) is 5.71 Å². The van der Waals surface area contributed by atoms with E-state index in [2.05, 4.69) is 15.7 Å². The third kappa shape index (κ3) is 4.13. The minimum absolute atomic E-state index is 0.00874. The van der Waals surface area contributed by atoms with E-state index in [4.69, 9.17) is 9.26 Å². The number of aromatic nitrogens is 1. The van der Waals surface area contributed by atoms with Gasteiger partial charge in [0.05, 0.1) is 17.2 Å². The molecule has 0 aliphatic carbocycles. The van der Waals surface area contributed by atoms with Crippen molar-refractivity contribution < 1.29 is 19.0 Å². The number of ether oxygens (including phenoxy) is 1. The minimum Gasteiger partial charge on any atom is -0.461 e. The third-order valence-corrected chi connectivity index (χ3v) is 2.78. The number of nitrogens with one attached hydrogen (secondary N) is 1. The van der Waals surface area contributed by atoms with Gasteiger partial charge in [0.2, 0.25) is 0 Å². The van der Waals surface area contributed by atoms with Gasteiger partial charge in [0.25, 0.3) is 5.69 Å². The highest BCUT2D eigenvalue weighted by atomic mass is 16.6. The molecule has 1 N–H and O–H groups in total. The van der Waals surface area contributed by atoms with Crippen molar-refractivity contribution in [3.63, 3.8) is 0 Å². The number of carbonyl (C=O) groups is 1. The topological polar surface area (TPSA) is 120 Å². The number of nitrogens with zero attached hydrogens (tertiary/aromatic N) is 3. The van der Waals surface area contributed by atoms with Gasteiger partial charge in [-0.15, -0.1) is 0 Å². The van der Waals surface area contributed by atoms with E-state index in [1.54, 1.807) is 13.8 Å². The Morgan fingerprint density at radius 1 is 1.43 bits per heavy atom. The highest BCUT2D eigenvalue weighted by Crippen LogP contribution is 2.15. The molecule has 1 aromatic heterocycles. The average molecular weight is 318 g/mol. The lowest BCUT2D eigenvalue weighted by Crippen LogP contribution is -2.04. The molecule has 0 aliphatic heterocycles. The van der Waals surface area contributed by atoms with E-state index in [1.807, 2.05) is 0 Å². The second kappa shape index (κ2) is 7.16. The van der Waals surface area contributed by atoms with Crippen LogP contribution >= 0.6 is 0 Å². The van der Waals surface area contributed by atoms with Crippen LogP contribution in [0.2, 0.25) is 0 Å². The number of benzene rings is 1. The standard InChI is InChI=1S/C14H14N4O5/c1-3-22-14(19)12-8-13(23-17-12)9(2)15-16-10-4-6-11(7-5-10)18(20)21/h4-8,16H,3H2,1-2H3/b15-9+. The van der Waals surface area contributed by atoms with Crippen molar-refractivity contribution in [2.45, 2.75) is 13.8 Å². The molecule has 0 saturated carbocycles. The van der Waals surface area contributed by atoms with Gasteiger partial charge >= 0.3 is 5.97 Å². The van der Waals surface area contributed by atoms with Crippen molar-refractivity contribution in [1.82, 2.24) is 5.16 Å². The van der Waals surface area contributed by atoms with Crippen LogP contribution in [-0.2, 0) is 4.74 Å². The summed E-state index contributed by atoms with van der Waals surface area (Å²) in [6, 6.07) is 7.20. The normalized spacial score (nSPS) is 11.1. The van der Waals surface area contributed by atoms with Crippen LogP contribution in [0.3, 0.4) is 0 Å². The van der Waals surface area contributed by atoms with Crippen LogP contribution in [0.1, 0.15) is 30.1 Å². The van der Waals surface area contributed by atoms with Gasteiger partial charge in [-0.1, -0.05) is 5.16 Å². The van der Waals surface area contributed by atoms with Crippen LogP contribution in [0.4, 0.5) is 11.4 Å². The van der Waals surface area contributed by atoms with Gasteiger partial charge in [0, 0.05) is 18.2 Å². The van der Waals surface area contributed by atoms with Gasteiger partial charge in [-0.05, 0) is 26.0 Å². The van der Waals surface area contributed by atoms with Gasteiger partial charge in [-0.2, -0.15) is 5.10 Å². The molecule has 23 heavy (non-hydrogen) atoms. The first-order valence-electron chi connectivity index (χ1n) is 6.70. The molecule has 0 amide bonds. The maximum absolute atomic E-state index is 11.5. The smallest absolute Gasteiger partial charge is 0.360 e. The Hall–Kier alpha value is -3.23. The average Bonchev–Trinajstić information content (AvgIpc) is 3.03. The zero-order valence-corrected chi connectivity index (χ0v) is 12.5. The Labute approximate surface area is 131 Å². The highest BCUT2D eigenvalue weighted by Gasteiger charge is 2.15. The predicted octanol–water partition coefficient (Wildman–Crippen LogP) is 2.60. The van der Waals surface area contributed by atoms with Gasteiger partial charge in [-0.25, -0.2) is 4.79 Å². The first-order valence-corrected chi connectivity index (χ1v) is 6.70. The largest absolute Gasteiger partial charge is 0.461 e. The molecule has 0 aliphatic rings. The summed E-state index contributed by atoms with van der Waals surface area (Å²) in [6.07, 6.45) is 0. The Bertz CT molecular complexity index is 736. The number of anilines is 1. The molecule has 120 valence electrons. The molecule has 0 fully saturated rings. The first kappa shape index (κ1) is 16.1. The Kier molecular flexibility index (Phi) is 5.03. The summed E-state index contributed by atoms with van der Waals surface area (Å²) in [5, 5.41) is 18.2. The second-order valence-electron chi connectivity index (χ2n) is 4.41. The van der Waals surface area contributed by atoms with Crippen molar-refractivity contribution >= 4 is 23.1 Å². The van der Waals surface area contributed by atoms with E-state index in [0.717, 1.165) is 0 Å². The van der Waals surface area contributed by atoms with Crippen LogP contribution in [0, 0.1) is 10.1 Å². The summed E-state index contributed by atoms with van der Waals surface area (Å²) in [4.78, 5) is 21.6. The van der Waals surface area contributed by atoms with Crippen LogP contribution in [0.25, 0.3) is 0 Å². The van der Waals surface area contributed by atoms with Crippen LogP contribution < -0.4 is 5.43 Å². The maximum atomic E-state index is 11.5. The molecule has 0 bridgehead atoms. The molecule has 0 spiro atoms. The zero-order chi connectivity index (χ0) is 16.8. The fourth-order valence-corrected chi connectivity index (χ4v) is 1.61. The second-order valence-corrected chi connectivity index (χ2v) is 4.41. The Balaban J connectivity index is 2.05. The first-order chi connectivity index (χ1) is 11.0. The summed E-state index contributed by atoms with van der Waals surface area (Å²) in [5.41, 5.74) is 3.81. The molecule has 0 radical (unpaired) electrons. The summed E-state index contributed by atoms with van der Waals surface area (Å²) >= 11 is 0. The van der Waals surface area contributed by atoms with Crippen molar-refractivity contribution in [1.29, 1.82) is 0 Å². The molecule has 2 rings (SSSR count). The quantitative estimate of drug-likeness (QED) is 0.376.